The van der Waals surface area contributed by atoms with E-state index in [1.54, 1.807) is 48.5 Å². The monoisotopic (exact) mass is 955 g/mol. The topological polar surface area (TPSA) is 261 Å². The van der Waals surface area contributed by atoms with Gasteiger partial charge in [0, 0.05) is 55.8 Å². The molecule has 1 aliphatic heterocycles. The number of fused-ring (bicyclic) bond motifs is 1. The summed E-state index contributed by atoms with van der Waals surface area (Å²) in [5.74, 6) is -1.87. The Morgan fingerprint density at radius 2 is 1.17 bits per heavy atom. The zero-order valence-electron chi connectivity index (χ0n) is 34.5. The van der Waals surface area contributed by atoms with E-state index in [2.05, 4.69) is 26.6 Å². The van der Waals surface area contributed by atoms with Crippen molar-refractivity contribution in [2.45, 2.75) is 69.6 Å². The first-order valence-corrected chi connectivity index (χ1v) is 21.6. The molecule has 0 fully saturated rings. The van der Waals surface area contributed by atoms with Crippen LogP contribution in [0.2, 0.25) is 20.1 Å². The van der Waals surface area contributed by atoms with Gasteiger partial charge in [0.2, 0.25) is 23.6 Å². The van der Waals surface area contributed by atoms with Crippen molar-refractivity contribution < 1.29 is 33.6 Å². The molecular weight excluding hydrogens is 908 g/mol. The second-order valence-electron chi connectivity index (χ2n) is 14.6. The first kappa shape index (κ1) is 50.7. The maximum atomic E-state index is 13.8. The van der Waals surface area contributed by atoms with Gasteiger partial charge in [0.05, 0.1) is 26.1 Å². The molecule has 0 unspecified atom stereocenters. The zero-order chi connectivity index (χ0) is 46.8. The number of halogens is 4. The molecule has 0 radical (unpaired) electrons. The molecule has 11 N–H and O–H groups in total. The average Bonchev–Trinajstić information content (AvgIpc) is 3.27. The molecule has 64 heavy (non-hydrogen) atoms. The molecule has 0 bridgehead atoms. The minimum atomic E-state index is -1.01. The standard InChI is InChI=1S/C32H33Cl2N5O5.C12H16Cl2N4O2/c33-24-13-12-23(18-25(24)34)37-30(42)26(11-6-16-36-32(35)44)38-31(43)27-17-21-9-4-5-10-22(21)19-39(27)29(41)15-14-28(40)20-7-2-1-3-8-20;13-8-4-3-7(6-9(8)14)18-11(19)10(15)2-1-5-17-12(16)20/h1-5,7-10,12-13,18,26-27H,6,11,14-17,19H2,(H,37,42)(H,38,43)(H3,35,36,44);3-4,6,10H,1-2,5,15H2,(H,18,19)(H3,16,17,20)/t26-,27-;10-/m00/s1. The van der Waals surface area contributed by atoms with E-state index in [-0.39, 0.29) is 61.4 Å². The van der Waals surface area contributed by atoms with Crippen LogP contribution in [0.5, 0.6) is 0 Å². The van der Waals surface area contributed by atoms with Crippen molar-refractivity contribution in [3.05, 3.63) is 128 Å². The Balaban J connectivity index is 0.000000376. The number of carbonyl (C=O) groups excluding carboxylic acids is 7. The summed E-state index contributed by atoms with van der Waals surface area (Å²) in [6.07, 6.45) is 1.65. The highest BCUT2D eigenvalue weighted by Gasteiger charge is 2.36. The number of nitrogens with two attached hydrogens (primary N) is 3. The number of rotatable bonds is 18. The summed E-state index contributed by atoms with van der Waals surface area (Å²) in [6, 6.07) is 21.7. The predicted octanol–water partition coefficient (Wildman–Crippen LogP) is 6.19. The average molecular weight is 958 g/mol. The lowest BCUT2D eigenvalue weighted by atomic mass is 9.92. The van der Waals surface area contributed by atoms with Gasteiger partial charge in [-0.15, -0.1) is 0 Å². The highest BCUT2D eigenvalue weighted by Crippen LogP contribution is 2.28. The normalized spacial score (nSPS) is 13.7. The molecule has 5 rings (SSSR count). The van der Waals surface area contributed by atoms with E-state index in [1.807, 2.05) is 30.3 Å². The van der Waals surface area contributed by atoms with Gasteiger partial charge in [-0.1, -0.05) is 101 Å². The van der Waals surface area contributed by atoms with E-state index >= 15 is 0 Å². The maximum Gasteiger partial charge on any atom is 0.312 e. The van der Waals surface area contributed by atoms with Crippen LogP contribution in [0.1, 0.15) is 60.0 Å². The molecule has 4 aromatic carbocycles. The predicted molar refractivity (Wildman–Crippen MR) is 248 cm³/mol. The van der Waals surface area contributed by atoms with Gasteiger partial charge >= 0.3 is 12.1 Å². The van der Waals surface area contributed by atoms with E-state index < -0.39 is 42.0 Å². The molecule has 16 nitrogen and oxygen atoms in total. The van der Waals surface area contributed by atoms with Crippen molar-refractivity contribution in [3.63, 3.8) is 0 Å². The van der Waals surface area contributed by atoms with Crippen LogP contribution in [-0.4, -0.2) is 77.6 Å². The molecule has 0 saturated heterocycles. The van der Waals surface area contributed by atoms with Crippen molar-refractivity contribution in [1.29, 1.82) is 0 Å². The van der Waals surface area contributed by atoms with E-state index in [0.717, 1.165) is 11.1 Å². The van der Waals surface area contributed by atoms with Crippen LogP contribution in [-0.2, 0) is 32.1 Å². The largest absolute Gasteiger partial charge is 0.352 e. The Hall–Kier alpha value is -5.91. The Morgan fingerprint density at radius 1 is 0.641 bits per heavy atom. The minimum Gasteiger partial charge on any atom is -0.352 e. The number of amides is 8. The smallest absolute Gasteiger partial charge is 0.312 e. The SMILES string of the molecule is NC(=O)NCCC[C@H](N)C(=O)Nc1ccc(Cl)c(Cl)c1.NC(=O)NCCC[C@H](NC(=O)[C@@H]1Cc2ccccc2CN1C(=O)CCC(=O)c1ccccc1)C(=O)Nc1ccc(Cl)c(Cl)c1. The molecule has 3 atom stereocenters. The molecule has 8 amide bonds. The van der Waals surface area contributed by atoms with Gasteiger partial charge in [0.25, 0.3) is 0 Å². The first-order chi connectivity index (χ1) is 30.5. The lowest BCUT2D eigenvalue weighted by Crippen LogP contribution is -2.56. The van der Waals surface area contributed by atoms with Gasteiger partial charge in [-0.25, -0.2) is 9.59 Å². The first-order valence-electron chi connectivity index (χ1n) is 20.1. The van der Waals surface area contributed by atoms with Crippen LogP contribution in [0.15, 0.2) is 91.0 Å². The van der Waals surface area contributed by atoms with E-state index in [4.69, 9.17) is 63.6 Å². The Morgan fingerprint density at radius 3 is 1.73 bits per heavy atom. The third kappa shape index (κ3) is 16.3. The summed E-state index contributed by atoms with van der Waals surface area (Å²) in [4.78, 5) is 88.2. The highest BCUT2D eigenvalue weighted by molar-refractivity contribution is 6.42. The Bertz CT molecular complexity index is 2300. The van der Waals surface area contributed by atoms with E-state index in [9.17, 15) is 33.6 Å². The van der Waals surface area contributed by atoms with Gasteiger partial charge in [0.15, 0.2) is 5.78 Å². The summed E-state index contributed by atoms with van der Waals surface area (Å²) in [6.45, 7) is 0.761. The van der Waals surface area contributed by atoms with Crippen LogP contribution in [0.4, 0.5) is 21.0 Å². The molecule has 0 saturated carbocycles. The number of nitrogens with one attached hydrogen (secondary N) is 5. The zero-order valence-corrected chi connectivity index (χ0v) is 37.5. The number of carbonyl (C=O) groups is 7. The van der Waals surface area contributed by atoms with Crippen molar-refractivity contribution in [2.24, 2.45) is 17.2 Å². The number of hydrogen-bond acceptors (Lipinski definition) is 8. The summed E-state index contributed by atoms with van der Waals surface area (Å²) in [5.41, 5.74) is 19.0. The van der Waals surface area contributed by atoms with Crippen molar-refractivity contribution in [3.8, 4) is 0 Å². The molecule has 4 aromatic rings. The summed E-state index contributed by atoms with van der Waals surface area (Å²) >= 11 is 23.7. The number of hydrogen-bond donors (Lipinski definition) is 8. The molecular formula is C44H49Cl4N9O7. The number of primary amides is 2. The number of benzene rings is 4. The Labute approximate surface area is 390 Å². The second kappa shape index (κ2) is 25.4. The molecule has 0 aromatic heterocycles. The van der Waals surface area contributed by atoms with Gasteiger partial charge in [-0.2, -0.15) is 0 Å². The quantitative estimate of drug-likeness (QED) is 0.0420. The minimum absolute atomic E-state index is 0.00310. The number of Topliss-reactive ketones (excluding diaryl/α,β-unsaturated/α-hetero) is 1. The van der Waals surface area contributed by atoms with Crippen LogP contribution >= 0.6 is 46.4 Å². The maximum absolute atomic E-state index is 13.8. The summed E-state index contributed by atoms with van der Waals surface area (Å²) in [7, 11) is 0. The van der Waals surface area contributed by atoms with Crippen LogP contribution < -0.4 is 43.8 Å². The molecule has 0 spiro atoms. The van der Waals surface area contributed by atoms with Gasteiger partial charge in [-0.05, 0) is 73.2 Å². The molecule has 340 valence electrons. The third-order valence-electron chi connectivity index (χ3n) is 9.84. The van der Waals surface area contributed by atoms with Crippen molar-refractivity contribution >= 4 is 99.3 Å². The van der Waals surface area contributed by atoms with Crippen molar-refractivity contribution in [2.75, 3.05) is 23.7 Å². The number of urea groups is 2. The van der Waals surface area contributed by atoms with E-state index in [0.29, 0.717) is 57.8 Å². The fraction of sp³-hybridized carbons (Fsp3) is 0.295. The number of ketones is 1. The molecule has 20 heteroatoms. The third-order valence-corrected chi connectivity index (χ3v) is 11.3. The second-order valence-corrected chi connectivity index (χ2v) is 16.2. The fourth-order valence-corrected chi connectivity index (χ4v) is 7.08. The Kier molecular flexibility index (Phi) is 20.1. The fourth-order valence-electron chi connectivity index (χ4n) is 6.48. The van der Waals surface area contributed by atoms with Crippen molar-refractivity contribution in [1.82, 2.24) is 20.9 Å². The summed E-state index contributed by atoms with van der Waals surface area (Å²) < 4.78 is 0. The lowest BCUT2D eigenvalue weighted by molar-refractivity contribution is -0.142. The number of nitrogens with zero attached hydrogens (tertiary/aromatic N) is 1. The van der Waals surface area contributed by atoms with E-state index in [1.165, 1.54) is 17.0 Å². The summed E-state index contributed by atoms with van der Waals surface area (Å²) in [5, 5.41) is 14.4. The van der Waals surface area contributed by atoms with Crippen LogP contribution in [0, 0.1) is 0 Å². The van der Waals surface area contributed by atoms with Crippen LogP contribution in [0.25, 0.3) is 0 Å². The van der Waals surface area contributed by atoms with Crippen LogP contribution in [0.3, 0.4) is 0 Å². The molecule has 1 aliphatic rings. The van der Waals surface area contributed by atoms with Gasteiger partial charge in [-0.3, -0.25) is 24.0 Å². The molecule has 0 aliphatic carbocycles. The lowest BCUT2D eigenvalue weighted by Gasteiger charge is -2.37. The molecule has 1 heterocycles. The van der Waals surface area contributed by atoms with Gasteiger partial charge < -0.3 is 48.7 Å². The highest BCUT2D eigenvalue weighted by atomic mass is 35.5. The number of anilines is 2. The van der Waals surface area contributed by atoms with Gasteiger partial charge in [0.1, 0.15) is 12.1 Å².